The van der Waals surface area contributed by atoms with E-state index in [1.807, 2.05) is 6.07 Å². The second-order valence-corrected chi connectivity index (χ2v) is 3.19. The summed E-state index contributed by atoms with van der Waals surface area (Å²) in [5, 5.41) is 17.4. The molecule has 82 valence electrons. The summed E-state index contributed by atoms with van der Waals surface area (Å²) in [6.45, 7) is 1.79. The van der Waals surface area contributed by atoms with Crippen molar-refractivity contribution >= 4 is 12.0 Å². The van der Waals surface area contributed by atoms with Gasteiger partial charge in [-0.2, -0.15) is 5.26 Å². The molecule has 0 saturated heterocycles. The third kappa shape index (κ3) is 2.61. The molecule has 0 aromatic heterocycles. The summed E-state index contributed by atoms with van der Waals surface area (Å²) in [5.41, 5.74) is 1.94. The van der Waals surface area contributed by atoms with Crippen LogP contribution < -0.4 is 4.74 Å². The van der Waals surface area contributed by atoms with Crippen LogP contribution in [0.5, 0.6) is 5.75 Å². The second kappa shape index (κ2) is 4.99. The lowest BCUT2D eigenvalue weighted by Gasteiger charge is -2.07. The molecule has 4 nitrogen and oxygen atoms in total. The number of ether oxygens (including phenoxy) is 1. The fourth-order valence-corrected chi connectivity index (χ4v) is 1.30. The third-order valence-corrected chi connectivity index (χ3v) is 2.10. The standard InChI is InChI=1S/C12H11NO3/c1-8-5-9(3-4-12(14)15)11(16-2)6-10(8)7-13/h3-6H,1-2H3,(H,14,15)/b4-3+. The highest BCUT2D eigenvalue weighted by Gasteiger charge is 2.05. The normalized spacial score (nSPS) is 10.1. The van der Waals surface area contributed by atoms with Gasteiger partial charge in [0.25, 0.3) is 0 Å². The predicted molar refractivity (Wildman–Crippen MR) is 59.1 cm³/mol. The van der Waals surface area contributed by atoms with Crippen LogP contribution in [-0.4, -0.2) is 18.2 Å². The lowest BCUT2D eigenvalue weighted by atomic mass is 10.0. The molecular formula is C12H11NO3. The Morgan fingerprint density at radius 3 is 2.75 bits per heavy atom. The lowest BCUT2D eigenvalue weighted by molar-refractivity contribution is -0.131. The van der Waals surface area contributed by atoms with Crippen molar-refractivity contribution in [2.24, 2.45) is 0 Å². The first-order chi connectivity index (χ1) is 7.58. The van der Waals surface area contributed by atoms with Crippen molar-refractivity contribution < 1.29 is 14.6 Å². The zero-order chi connectivity index (χ0) is 12.1. The molecule has 1 N–H and O–H groups in total. The number of benzene rings is 1. The van der Waals surface area contributed by atoms with Crippen LogP contribution >= 0.6 is 0 Å². The largest absolute Gasteiger partial charge is 0.496 e. The Balaban J connectivity index is 3.24. The summed E-state index contributed by atoms with van der Waals surface area (Å²) in [7, 11) is 1.48. The zero-order valence-electron chi connectivity index (χ0n) is 9.02. The van der Waals surface area contributed by atoms with Crippen LogP contribution in [0, 0.1) is 18.3 Å². The van der Waals surface area contributed by atoms with E-state index in [1.54, 1.807) is 19.1 Å². The molecule has 1 aromatic rings. The van der Waals surface area contributed by atoms with Crippen LogP contribution in [0.2, 0.25) is 0 Å². The number of rotatable bonds is 3. The quantitative estimate of drug-likeness (QED) is 0.786. The minimum Gasteiger partial charge on any atom is -0.496 e. The summed E-state index contributed by atoms with van der Waals surface area (Å²) >= 11 is 0. The topological polar surface area (TPSA) is 70.3 Å². The van der Waals surface area contributed by atoms with Crippen LogP contribution in [-0.2, 0) is 4.79 Å². The number of carbonyl (C=O) groups is 1. The Labute approximate surface area is 93.4 Å². The summed E-state index contributed by atoms with van der Waals surface area (Å²) in [4.78, 5) is 10.4. The van der Waals surface area contributed by atoms with Gasteiger partial charge in [0.15, 0.2) is 0 Å². The Kier molecular flexibility index (Phi) is 3.67. The predicted octanol–water partition coefficient (Wildman–Crippen LogP) is 1.97. The molecule has 0 radical (unpaired) electrons. The summed E-state index contributed by atoms with van der Waals surface area (Å²) in [6, 6.07) is 5.35. The van der Waals surface area contributed by atoms with Crippen LogP contribution in [0.1, 0.15) is 16.7 Å². The van der Waals surface area contributed by atoms with Crippen molar-refractivity contribution in [1.82, 2.24) is 0 Å². The minimum atomic E-state index is -1.02. The van der Waals surface area contributed by atoms with Crippen LogP contribution in [0.3, 0.4) is 0 Å². The molecule has 0 saturated carbocycles. The monoisotopic (exact) mass is 217 g/mol. The number of carboxylic acid groups (broad SMARTS) is 1. The Morgan fingerprint density at radius 2 is 2.25 bits per heavy atom. The smallest absolute Gasteiger partial charge is 0.328 e. The van der Waals surface area contributed by atoms with Crippen molar-refractivity contribution in [2.45, 2.75) is 6.92 Å². The maximum Gasteiger partial charge on any atom is 0.328 e. The highest BCUT2D eigenvalue weighted by atomic mass is 16.5. The van der Waals surface area contributed by atoms with Crippen molar-refractivity contribution in [2.75, 3.05) is 7.11 Å². The molecule has 0 atom stereocenters. The molecule has 1 aromatic carbocycles. The molecule has 0 fully saturated rings. The van der Waals surface area contributed by atoms with Gasteiger partial charge < -0.3 is 9.84 Å². The van der Waals surface area contributed by atoms with Gasteiger partial charge >= 0.3 is 5.97 Å². The molecule has 0 bridgehead atoms. The highest BCUT2D eigenvalue weighted by Crippen LogP contribution is 2.24. The summed E-state index contributed by atoms with van der Waals surface area (Å²) in [6.07, 6.45) is 2.47. The number of nitrogens with zero attached hydrogens (tertiary/aromatic N) is 1. The zero-order valence-corrected chi connectivity index (χ0v) is 9.02. The average Bonchev–Trinajstić information content (AvgIpc) is 2.26. The highest BCUT2D eigenvalue weighted by molar-refractivity contribution is 5.86. The number of hydrogen-bond acceptors (Lipinski definition) is 3. The van der Waals surface area contributed by atoms with Gasteiger partial charge in [-0.1, -0.05) is 0 Å². The van der Waals surface area contributed by atoms with Crippen LogP contribution in [0.15, 0.2) is 18.2 Å². The van der Waals surface area contributed by atoms with E-state index in [0.717, 1.165) is 11.6 Å². The first-order valence-corrected chi connectivity index (χ1v) is 4.58. The van der Waals surface area contributed by atoms with Gasteiger partial charge in [0.2, 0.25) is 0 Å². The molecule has 1 rings (SSSR count). The van der Waals surface area contributed by atoms with Crippen molar-refractivity contribution in [3.63, 3.8) is 0 Å². The van der Waals surface area contributed by atoms with E-state index in [4.69, 9.17) is 15.1 Å². The van der Waals surface area contributed by atoms with Gasteiger partial charge in [0, 0.05) is 11.6 Å². The van der Waals surface area contributed by atoms with Crippen LogP contribution in [0.25, 0.3) is 6.08 Å². The second-order valence-electron chi connectivity index (χ2n) is 3.19. The molecule has 0 unspecified atom stereocenters. The molecule has 0 aliphatic rings. The van der Waals surface area contributed by atoms with Gasteiger partial charge in [0.1, 0.15) is 5.75 Å². The fraction of sp³-hybridized carbons (Fsp3) is 0.167. The van der Waals surface area contributed by atoms with E-state index in [0.29, 0.717) is 16.9 Å². The molecule has 0 aliphatic heterocycles. The molecule has 0 heterocycles. The SMILES string of the molecule is COc1cc(C#N)c(C)cc1/C=C/C(=O)O. The van der Waals surface area contributed by atoms with Crippen molar-refractivity contribution in [1.29, 1.82) is 5.26 Å². The molecule has 0 amide bonds. The van der Waals surface area contributed by atoms with E-state index < -0.39 is 5.97 Å². The number of nitriles is 1. The molecular weight excluding hydrogens is 206 g/mol. The van der Waals surface area contributed by atoms with E-state index in [-0.39, 0.29) is 0 Å². The Morgan fingerprint density at radius 1 is 1.56 bits per heavy atom. The van der Waals surface area contributed by atoms with Gasteiger partial charge in [-0.15, -0.1) is 0 Å². The number of carboxylic acids is 1. The summed E-state index contributed by atoms with van der Waals surface area (Å²) < 4.78 is 5.08. The molecule has 4 heteroatoms. The Bertz CT molecular complexity index is 484. The number of methoxy groups -OCH3 is 1. The van der Waals surface area contributed by atoms with Crippen molar-refractivity contribution in [3.05, 3.63) is 34.9 Å². The Hall–Kier alpha value is -2.28. The number of aliphatic carboxylic acids is 1. The van der Waals surface area contributed by atoms with Crippen LogP contribution in [0.4, 0.5) is 0 Å². The van der Waals surface area contributed by atoms with E-state index in [9.17, 15) is 4.79 Å². The minimum absolute atomic E-state index is 0.486. The van der Waals surface area contributed by atoms with Crippen molar-refractivity contribution in [3.8, 4) is 11.8 Å². The van der Waals surface area contributed by atoms with E-state index in [2.05, 4.69) is 0 Å². The maximum absolute atomic E-state index is 10.4. The molecule has 0 spiro atoms. The molecule has 16 heavy (non-hydrogen) atoms. The van der Waals surface area contributed by atoms with Gasteiger partial charge in [-0.05, 0) is 30.7 Å². The maximum atomic E-state index is 10.4. The van der Waals surface area contributed by atoms with Gasteiger partial charge in [-0.25, -0.2) is 4.79 Å². The first kappa shape index (κ1) is 11.8. The summed E-state index contributed by atoms with van der Waals surface area (Å²) in [5.74, 6) is -0.538. The fourth-order valence-electron chi connectivity index (χ4n) is 1.30. The first-order valence-electron chi connectivity index (χ1n) is 4.58. The third-order valence-electron chi connectivity index (χ3n) is 2.10. The van der Waals surface area contributed by atoms with E-state index in [1.165, 1.54) is 13.2 Å². The number of aryl methyl sites for hydroxylation is 1. The van der Waals surface area contributed by atoms with E-state index >= 15 is 0 Å². The van der Waals surface area contributed by atoms with Gasteiger partial charge in [0.05, 0.1) is 18.7 Å². The lowest BCUT2D eigenvalue weighted by Crippen LogP contribution is -1.92. The molecule has 0 aliphatic carbocycles. The average molecular weight is 217 g/mol. The van der Waals surface area contributed by atoms with Gasteiger partial charge in [-0.3, -0.25) is 0 Å². The number of hydrogen-bond donors (Lipinski definition) is 1.